The van der Waals surface area contributed by atoms with Crippen LogP contribution in [0.3, 0.4) is 0 Å². The van der Waals surface area contributed by atoms with Gasteiger partial charge in [0.05, 0.1) is 30.2 Å². The van der Waals surface area contributed by atoms with E-state index in [0.717, 1.165) is 16.7 Å². The maximum atomic E-state index is 14.1. The van der Waals surface area contributed by atoms with Gasteiger partial charge >= 0.3 is 0 Å². The first-order chi connectivity index (χ1) is 14.4. The second-order valence-corrected chi connectivity index (χ2v) is 8.40. The summed E-state index contributed by atoms with van der Waals surface area (Å²) in [6, 6.07) is 13.1. The van der Waals surface area contributed by atoms with Crippen molar-refractivity contribution in [1.29, 1.82) is 0 Å². The van der Waals surface area contributed by atoms with Crippen LogP contribution in [0.5, 0.6) is 5.75 Å². The van der Waals surface area contributed by atoms with Gasteiger partial charge in [-0.05, 0) is 29.7 Å². The van der Waals surface area contributed by atoms with Gasteiger partial charge in [0.1, 0.15) is 11.6 Å². The van der Waals surface area contributed by atoms with Gasteiger partial charge in [0.25, 0.3) is 11.8 Å². The number of halogens is 1. The van der Waals surface area contributed by atoms with E-state index in [4.69, 9.17) is 4.74 Å². The number of aliphatic hydroxyl groups excluding tert-OH is 1. The van der Waals surface area contributed by atoms with E-state index in [2.05, 4.69) is 13.8 Å². The summed E-state index contributed by atoms with van der Waals surface area (Å²) in [5.74, 6) is -0.0763. The number of thioether (sulfide) groups is 1. The minimum atomic E-state index is -0.475. The van der Waals surface area contributed by atoms with E-state index in [1.165, 1.54) is 6.07 Å². The van der Waals surface area contributed by atoms with E-state index < -0.39 is 17.6 Å². The maximum Gasteiger partial charge on any atom is 0.268 e. The van der Waals surface area contributed by atoms with Crippen LogP contribution in [0.15, 0.2) is 53.4 Å². The molecule has 0 bridgehead atoms. The average molecular weight is 430 g/mol. The number of benzene rings is 2. The fourth-order valence-corrected chi connectivity index (χ4v) is 3.89. The van der Waals surface area contributed by atoms with E-state index in [0.29, 0.717) is 23.8 Å². The maximum absolute atomic E-state index is 14.1. The van der Waals surface area contributed by atoms with Gasteiger partial charge in [-0.1, -0.05) is 44.2 Å². The van der Waals surface area contributed by atoms with Crippen molar-refractivity contribution in [3.05, 3.63) is 70.4 Å². The number of carbonyl (C=O) groups excluding carboxylic acids is 2. The Morgan fingerprint density at radius 1 is 1.07 bits per heavy atom. The molecule has 3 rings (SSSR count). The van der Waals surface area contributed by atoms with Gasteiger partial charge in [0.2, 0.25) is 0 Å². The molecule has 0 saturated carbocycles. The quantitative estimate of drug-likeness (QED) is 0.613. The molecule has 0 saturated heterocycles. The number of hydrogen-bond acceptors (Lipinski definition) is 5. The average Bonchev–Trinajstić information content (AvgIpc) is 2.96. The summed E-state index contributed by atoms with van der Waals surface area (Å²) in [7, 11) is 0. The fourth-order valence-electron chi connectivity index (χ4n) is 3.01. The van der Waals surface area contributed by atoms with E-state index >= 15 is 0 Å². The van der Waals surface area contributed by atoms with Crippen LogP contribution in [0, 0.1) is 11.7 Å². The lowest BCUT2D eigenvalue weighted by Gasteiger charge is -2.15. The number of nitrogens with zero attached hydrogens (tertiary/aromatic N) is 1. The molecule has 0 aromatic heterocycles. The number of rotatable bonds is 9. The molecule has 2 aromatic carbocycles. The fraction of sp³-hybridized carbons (Fsp3) is 0.304. The molecule has 0 aliphatic carbocycles. The number of aliphatic hydroxyl groups is 1. The third-order valence-electron chi connectivity index (χ3n) is 4.48. The highest BCUT2D eigenvalue weighted by molar-refractivity contribution is 8.04. The van der Waals surface area contributed by atoms with Crippen LogP contribution in [-0.4, -0.2) is 40.8 Å². The molecule has 30 heavy (non-hydrogen) atoms. The molecule has 0 radical (unpaired) electrons. The van der Waals surface area contributed by atoms with Crippen molar-refractivity contribution in [2.24, 2.45) is 5.92 Å². The summed E-state index contributed by atoms with van der Waals surface area (Å²) in [5, 5.41) is 9.19. The van der Waals surface area contributed by atoms with Gasteiger partial charge in [-0.2, -0.15) is 0 Å². The number of carbonyl (C=O) groups is 2. The first-order valence-corrected chi connectivity index (χ1v) is 10.7. The minimum Gasteiger partial charge on any atom is -0.493 e. The smallest absolute Gasteiger partial charge is 0.268 e. The molecule has 1 aliphatic heterocycles. The first kappa shape index (κ1) is 22.1. The Morgan fingerprint density at radius 3 is 2.40 bits per heavy atom. The van der Waals surface area contributed by atoms with Crippen LogP contribution < -0.4 is 4.74 Å². The lowest BCUT2D eigenvalue weighted by atomic mass is 10.1. The van der Waals surface area contributed by atoms with Crippen LogP contribution in [0.25, 0.3) is 5.57 Å². The molecule has 1 N–H and O–H groups in total. The highest BCUT2D eigenvalue weighted by atomic mass is 32.2. The zero-order valence-corrected chi connectivity index (χ0v) is 17.7. The Morgan fingerprint density at radius 2 is 1.77 bits per heavy atom. The Hall–Kier alpha value is -2.64. The molecule has 0 fully saturated rings. The van der Waals surface area contributed by atoms with Gasteiger partial charge in [0.15, 0.2) is 0 Å². The first-order valence-electron chi connectivity index (χ1n) is 9.73. The van der Waals surface area contributed by atoms with Gasteiger partial charge in [-0.25, -0.2) is 4.39 Å². The lowest BCUT2D eigenvalue weighted by molar-refractivity contribution is -0.137. The molecular formula is C23H24FNO4S. The number of ether oxygens (including phenoxy) is 1. The molecular weight excluding hydrogens is 405 g/mol. The Balaban J connectivity index is 1.89. The number of imide groups is 1. The lowest BCUT2D eigenvalue weighted by Crippen LogP contribution is -2.31. The highest BCUT2D eigenvalue weighted by Gasteiger charge is 2.39. The molecule has 7 heteroatoms. The van der Waals surface area contributed by atoms with Crippen molar-refractivity contribution in [2.75, 3.05) is 19.0 Å². The molecule has 1 heterocycles. The Bertz CT molecular complexity index is 956. The summed E-state index contributed by atoms with van der Waals surface area (Å²) >= 11 is 1.13. The summed E-state index contributed by atoms with van der Waals surface area (Å²) in [5.41, 5.74) is 1.12. The van der Waals surface area contributed by atoms with E-state index in [-0.39, 0.29) is 34.9 Å². The predicted molar refractivity (Wildman–Crippen MR) is 115 cm³/mol. The van der Waals surface area contributed by atoms with Crippen molar-refractivity contribution in [3.63, 3.8) is 0 Å². The molecule has 0 spiro atoms. The topological polar surface area (TPSA) is 66.8 Å². The van der Waals surface area contributed by atoms with Crippen molar-refractivity contribution >= 4 is 29.1 Å². The monoisotopic (exact) mass is 429 g/mol. The Kier molecular flexibility index (Phi) is 7.29. The largest absolute Gasteiger partial charge is 0.493 e. The molecule has 1 aliphatic rings. The molecule has 0 unspecified atom stereocenters. The second kappa shape index (κ2) is 9.91. The van der Waals surface area contributed by atoms with Crippen LogP contribution in [-0.2, 0) is 16.1 Å². The summed E-state index contributed by atoms with van der Waals surface area (Å²) in [6.45, 7) is 4.41. The van der Waals surface area contributed by atoms with Crippen LogP contribution in [0.1, 0.15) is 25.0 Å². The van der Waals surface area contributed by atoms with E-state index in [9.17, 15) is 19.1 Å². The zero-order valence-electron chi connectivity index (χ0n) is 16.9. The van der Waals surface area contributed by atoms with E-state index in [1.54, 1.807) is 42.5 Å². The Labute approximate surface area is 179 Å². The third kappa shape index (κ3) is 4.91. The highest BCUT2D eigenvalue weighted by Crippen LogP contribution is 2.37. The van der Waals surface area contributed by atoms with Crippen LogP contribution in [0.4, 0.5) is 4.39 Å². The summed E-state index contributed by atoms with van der Waals surface area (Å²) < 4.78 is 19.8. The molecule has 158 valence electrons. The van der Waals surface area contributed by atoms with Gasteiger partial charge in [-0.3, -0.25) is 14.5 Å². The van der Waals surface area contributed by atoms with Crippen LogP contribution in [0.2, 0.25) is 0 Å². The van der Waals surface area contributed by atoms with Gasteiger partial charge < -0.3 is 9.84 Å². The molecule has 0 atom stereocenters. The van der Waals surface area contributed by atoms with E-state index in [1.807, 2.05) is 0 Å². The van der Waals surface area contributed by atoms with Crippen molar-refractivity contribution in [3.8, 4) is 5.75 Å². The molecule has 2 amide bonds. The van der Waals surface area contributed by atoms with Crippen molar-refractivity contribution in [2.45, 2.75) is 20.4 Å². The normalized spacial score (nSPS) is 14.2. The zero-order chi connectivity index (χ0) is 21.7. The molecule has 5 nitrogen and oxygen atoms in total. The van der Waals surface area contributed by atoms with Crippen molar-refractivity contribution in [1.82, 2.24) is 4.90 Å². The number of hydrogen-bond donors (Lipinski definition) is 1. The van der Waals surface area contributed by atoms with Crippen LogP contribution >= 0.6 is 11.8 Å². The third-order valence-corrected chi connectivity index (χ3v) is 5.53. The minimum absolute atomic E-state index is 0.127. The SMILES string of the molecule is CC(C)COc1ccc(C2=C(SCCO)C(=O)N(Cc3ccccc3F)C2=O)cc1. The molecule has 2 aromatic rings. The summed E-state index contributed by atoms with van der Waals surface area (Å²) in [4.78, 5) is 27.4. The van der Waals surface area contributed by atoms with Gasteiger partial charge in [-0.15, -0.1) is 11.8 Å². The standard InChI is InChI=1S/C23H24FNO4S/c1-15(2)14-29-18-9-7-16(8-10-18)20-21(30-12-11-26)23(28)25(22(20)27)13-17-5-3-4-6-19(17)24/h3-10,15,26H,11-14H2,1-2H3. The van der Waals surface area contributed by atoms with Crippen molar-refractivity contribution < 1.29 is 23.8 Å². The van der Waals surface area contributed by atoms with Gasteiger partial charge in [0, 0.05) is 11.3 Å². The predicted octanol–water partition coefficient (Wildman–Crippen LogP) is 3.87. The number of amides is 2. The summed E-state index contributed by atoms with van der Waals surface area (Å²) in [6.07, 6.45) is 0. The second-order valence-electron chi connectivity index (χ2n) is 7.29.